The molecule has 0 bridgehead atoms. The SMILES string of the molecule is COc1ccc(C(=O)c2cccn2C/C=C/c2ccc(Cl)cc2C(=O)[O-])cc1.[Na+]. The Balaban J connectivity index is 0.00000300. The van der Waals surface area contributed by atoms with Crippen molar-refractivity contribution in [3.63, 3.8) is 0 Å². The average Bonchev–Trinajstić information content (AvgIpc) is 3.17. The van der Waals surface area contributed by atoms with Gasteiger partial charge in [-0.15, -0.1) is 0 Å². The van der Waals surface area contributed by atoms with Crippen molar-refractivity contribution in [3.05, 3.63) is 94.3 Å². The van der Waals surface area contributed by atoms with Crippen LogP contribution in [-0.2, 0) is 6.54 Å². The van der Waals surface area contributed by atoms with Crippen LogP contribution in [0.1, 0.15) is 32.0 Å². The number of carboxylic acid groups (broad SMARTS) is 1. The van der Waals surface area contributed by atoms with Crippen molar-refractivity contribution in [3.8, 4) is 5.75 Å². The van der Waals surface area contributed by atoms with Gasteiger partial charge in [0.25, 0.3) is 0 Å². The number of hydrogen-bond acceptors (Lipinski definition) is 4. The summed E-state index contributed by atoms with van der Waals surface area (Å²) in [6, 6.07) is 15.0. The van der Waals surface area contributed by atoms with Gasteiger partial charge in [-0.1, -0.05) is 29.8 Å². The number of rotatable bonds is 7. The number of nitrogens with zero attached hydrogens (tertiary/aromatic N) is 1. The number of aromatic nitrogens is 1. The van der Waals surface area contributed by atoms with E-state index in [-0.39, 0.29) is 40.9 Å². The van der Waals surface area contributed by atoms with E-state index in [1.54, 1.807) is 78.6 Å². The molecule has 0 fully saturated rings. The number of ether oxygens (including phenoxy) is 1. The molecule has 0 atom stereocenters. The van der Waals surface area contributed by atoms with Gasteiger partial charge in [0.1, 0.15) is 5.75 Å². The van der Waals surface area contributed by atoms with Crippen molar-refractivity contribution >= 4 is 29.4 Å². The topological polar surface area (TPSA) is 71.4 Å². The van der Waals surface area contributed by atoms with Crippen LogP contribution in [0.25, 0.3) is 6.08 Å². The Labute approximate surface area is 195 Å². The number of allylic oxidation sites excluding steroid dienone is 1. The maximum atomic E-state index is 12.8. The molecule has 3 aromatic rings. The first-order valence-corrected chi connectivity index (χ1v) is 8.88. The van der Waals surface area contributed by atoms with Gasteiger partial charge >= 0.3 is 29.6 Å². The minimum atomic E-state index is -1.29. The average molecular weight is 418 g/mol. The predicted molar refractivity (Wildman–Crippen MR) is 106 cm³/mol. The molecular formula is C22H17ClNNaO4. The molecule has 0 saturated heterocycles. The molecule has 0 aliphatic rings. The minimum Gasteiger partial charge on any atom is -0.545 e. The number of carboxylic acids is 1. The quantitative estimate of drug-likeness (QED) is 0.414. The molecule has 0 spiro atoms. The van der Waals surface area contributed by atoms with Crippen molar-refractivity contribution in [1.82, 2.24) is 4.57 Å². The van der Waals surface area contributed by atoms with Gasteiger partial charge in [0.15, 0.2) is 0 Å². The van der Waals surface area contributed by atoms with Crippen molar-refractivity contribution in [1.29, 1.82) is 0 Å². The van der Waals surface area contributed by atoms with E-state index in [0.29, 0.717) is 34.1 Å². The van der Waals surface area contributed by atoms with Crippen molar-refractivity contribution in [2.75, 3.05) is 7.11 Å². The second kappa shape index (κ2) is 10.5. The molecule has 0 unspecified atom stereocenters. The number of ketones is 1. The molecule has 0 amide bonds. The molecule has 0 saturated carbocycles. The van der Waals surface area contributed by atoms with Crippen molar-refractivity contribution in [2.45, 2.75) is 6.54 Å². The van der Waals surface area contributed by atoms with Crippen LogP contribution in [0.2, 0.25) is 5.02 Å². The maximum absolute atomic E-state index is 12.8. The maximum Gasteiger partial charge on any atom is 1.00 e. The standard InChI is InChI=1S/C22H18ClNO4.Na/c1-28-18-10-7-16(8-11-18)21(25)20-5-3-13-24(20)12-2-4-15-6-9-17(23)14-19(15)22(26)27;/h2-11,13-14H,12H2,1H3,(H,26,27);/q;+1/p-1/b4-2+;. The number of methoxy groups -OCH3 is 1. The van der Waals surface area contributed by atoms with Gasteiger partial charge in [-0.05, 0) is 54.1 Å². The minimum absolute atomic E-state index is 0. The van der Waals surface area contributed by atoms with Gasteiger partial charge in [-0.25, -0.2) is 0 Å². The summed E-state index contributed by atoms with van der Waals surface area (Å²) in [5.74, 6) is -0.719. The normalized spacial score (nSPS) is 10.6. The first-order chi connectivity index (χ1) is 13.5. The van der Waals surface area contributed by atoms with Crippen LogP contribution in [0.4, 0.5) is 0 Å². The molecule has 5 nitrogen and oxygen atoms in total. The number of halogens is 1. The third-order valence-corrected chi connectivity index (χ3v) is 4.48. The van der Waals surface area contributed by atoms with Crippen LogP contribution in [0.3, 0.4) is 0 Å². The van der Waals surface area contributed by atoms with Gasteiger partial charge < -0.3 is 19.2 Å². The number of carbonyl (C=O) groups is 2. The monoisotopic (exact) mass is 417 g/mol. The Morgan fingerprint density at radius 1 is 1.14 bits per heavy atom. The fourth-order valence-corrected chi connectivity index (χ4v) is 2.99. The summed E-state index contributed by atoms with van der Waals surface area (Å²) in [7, 11) is 1.57. The first kappa shape index (κ1) is 23.0. The third kappa shape index (κ3) is 5.61. The third-order valence-electron chi connectivity index (χ3n) is 4.25. The van der Waals surface area contributed by atoms with E-state index < -0.39 is 5.97 Å². The van der Waals surface area contributed by atoms with Gasteiger partial charge in [-0.3, -0.25) is 4.79 Å². The molecule has 142 valence electrons. The number of aromatic carboxylic acids is 1. The smallest absolute Gasteiger partial charge is 0.545 e. The molecule has 29 heavy (non-hydrogen) atoms. The molecule has 2 aromatic carbocycles. The molecule has 0 aliphatic heterocycles. The summed E-state index contributed by atoms with van der Waals surface area (Å²) in [5, 5.41) is 11.6. The molecule has 3 rings (SSSR count). The van der Waals surface area contributed by atoms with E-state index in [0.717, 1.165) is 0 Å². The van der Waals surface area contributed by atoms with Gasteiger partial charge in [0.05, 0.1) is 18.8 Å². The summed E-state index contributed by atoms with van der Waals surface area (Å²) in [6.45, 7) is 0.402. The predicted octanol–water partition coefficient (Wildman–Crippen LogP) is 0.462. The molecule has 7 heteroatoms. The van der Waals surface area contributed by atoms with Gasteiger partial charge in [0.2, 0.25) is 5.78 Å². The Kier molecular flexibility index (Phi) is 8.29. The Bertz CT molecular complexity index is 1040. The fourth-order valence-electron chi connectivity index (χ4n) is 2.81. The molecular weight excluding hydrogens is 401 g/mol. The van der Waals surface area contributed by atoms with E-state index in [4.69, 9.17) is 16.3 Å². The van der Waals surface area contributed by atoms with E-state index in [1.165, 1.54) is 6.07 Å². The first-order valence-electron chi connectivity index (χ1n) is 8.51. The molecule has 1 aromatic heterocycles. The molecule has 1 heterocycles. The van der Waals surface area contributed by atoms with Gasteiger partial charge in [-0.2, -0.15) is 0 Å². The summed E-state index contributed by atoms with van der Waals surface area (Å²) in [4.78, 5) is 24.0. The summed E-state index contributed by atoms with van der Waals surface area (Å²) >= 11 is 5.84. The summed E-state index contributed by atoms with van der Waals surface area (Å²) < 4.78 is 6.90. The number of carbonyl (C=O) groups excluding carboxylic acids is 2. The van der Waals surface area contributed by atoms with Crippen LogP contribution in [0.15, 0.2) is 66.9 Å². The van der Waals surface area contributed by atoms with Crippen LogP contribution >= 0.6 is 11.6 Å². The number of benzene rings is 2. The molecule has 0 radical (unpaired) electrons. The van der Waals surface area contributed by atoms with Crippen LogP contribution < -0.4 is 39.4 Å². The van der Waals surface area contributed by atoms with Crippen molar-refractivity contribution in [2.24, 2.45) is 0 Å². The van der Waals surface area contributed by atoms with Crippen LogP contribution in [-0.4, -0.2) is 23.4 Å². The largest absolute Gasteiger partial charge is 1.00 e. The number of hydrogen-bond donors (Lipinski definition) is 0. The second-order valence-electron chi connectivity index (χ2n) is 6.02. The summed E-state index contributed by atoms with van der Waals surface area (Å²) in [6.07, 6.45) is 5.24. The summed E-state index contributed by atoms with van der Waals surface area (Å²) in [5.41, 5.74) is 1.60. The van der Waals surface area contributed by atoms with Crippen LogP contribution in [0.5, 0.6) is 5.75 Å². The Hall–Kier alpha value is -2.31. The van der Waals surface area contributed by atoms with E-state index in [1.807, 2.05) is 0 Å². The Morgan fingerprint density at radius 3 is 2.52 bits per heavy atom. The fraction of sp³-hybridized carbons (Fsp3) is 0.0909. The van der Waals surface area contributed by atoms with E-state index in [9.17, 15) is 14.7 Å². The second-order valence-corrected chi connectivity index (χ2v) is 6.46. The zero-order valence-electron chi connectivity index (χ0n) is 16.1. The van der Waals surface area contributed by atoms with Gasteiger partial charge in [0, 0.05) is 28.9 Å². The zero-order chi connectivity index (χ0) is 20.1. The van der Waals surface area contributed by atoms with E-state index >= 15 is 0 Å². The van der Waals surface area contributed by atoms with Crippen LogP contribution in [0, 0.1) is 0 Å². The zero-order valence-corrected chi connectivity index (χ0v) is 18.8. The van der Waals surface area contributed by atoms with E-state index in [2.05, 4.69) is 0 Å². The molecule has 0 N–H and O–H groups in total. The Morgan fingerprint density at radius 2 is 1.86 bits per heavy atom. The molecule has 0 aliphatic carbocycles. The van der Waals surface area contributed by atoms with Crippen molar-refractivity contribution < 1.29 is 49.0 Å².